The van der Waals surface area contributed by atoms with Crippen molar-refractivity contribution in [2.45, 2.75) is 57.0 Å². The average Bonchev–Trinajstić information content (AvgIpc) is 3.31. The molecule has 8 nitrogen and oxygen atoms in total. The van der Waals surface area contributed by atoms with Crippen LogP contribution in [-0.2, 0) is 0 Å². The second kappa shape index (κ2) is 8.63. The number of likely N-dealkylation sites (tertiary alicyclic amines) is 1. The van der Waals surface area contributed by atoms with Gasteiger partial charge in [0.2, 0.25) is 0 Å². The lowest BCUT2D eigenvalue weighted by atomic mass is 9.92. The van der Waals surface area contributed by atoms with Crippen molar-refractivity contribution in [2.75, 3.05) is 18.8 Å². The molecule has 1 aliphatic heterocycles. The summed E-state index contributed by atoms with van der Waals surface area (Å²) in [6.07, 6.45) is 11.0. The summed E-state index contributed by atoms with van der Waals surface area (Å²) in [7, 11) is 0. The molecular formula is C23H29N7O. The van der Waals surface area contributed by atoms with Gasteiger partial charge in [-0.2, -0.15) is 0 Å². The number of phenols is 1. The number of piperidine rings is 1. The molecule has 0 atom stereocenters. The Morgan fingerprint density at radius 3 is 2.39 bits per heavy atom. The van der Waals surface area contributed by atoms with E-state index in [-0.39, 0.29) is 5.75 Å². The summed E-state index contributed by atoms with van der Waals surface area (Å²) in [6, 6.07) is 10.0. The number of aromatic nitrogens is 5. The fourth-order valence-electron chi connectivity index (χ4n) is 4.97. The first-order valence-corrected chi connectivity index (χ1v) is 11.3. The molecule has 0 spiro atoms. The van der Waals surface area contributed by atoms with Gasteiger partial charge in [-0.3, -0.25) is 0 Å². The molecule has 31 heavy (non-hydrogen) atoms. The van der Waals surface area contributed by atoms with Gasteiger partial charge < -0.3 is 15.7 Å². The van der Waals surface area contributed by atoms with Gasteiger partial charge in [-0.25, -0.2) is 4.68 Å². The number of hydrogen-bond acceptors (Lipinski definition) is 7. The molecule has 162 valence electrons. The maximum absolute atomic E-state index is 10.1. The minimum Gasteiger partial charge on any atom is -0.507 e. The molecule has 1 saturated heterocycles. The van der Waals surface area contributed by atoms with Gasteiger partial charge in [0.1, 0.15) is 11.4 Å². The summed E-state index contributed by atoms with van der Waals surface area (Å²) < 4.78 is 1.98. The third-order valence-electron chi connectivity index (χ3n) is 6.75. The molecule has 3 N–H and O–H groups in total. The maximum Gasteiger partial charge on any atom is 0.155 e. The van der Waals surface area contributed by atoms with Crippen molar-refractivity contribution < 1.29 is 5.11 Å². The number of benzene rings is 1. The van der Waals surface area contributed by atoms with Crippen molar-refractivity contribution in [1.82, 2.24) is 30.1 Å². The van der Waals surface area contributed by atoms with Crippen molar-refractivity contribution >= 4 is 5.82 Å². The summed E-state index contributed by atoms with van der Waals surface area (Å²) in [5.41, 5.74) is 8.63. The number of para-hydroxylation sites is 1. The number of anilines is 1. The number of aromatic hydroxyl groups is 1. The quantitative estimate of drug-likeness (QED) is 0.665. The third kappa shape index (κ3) is 4.12. The Labute approximate surface area is 182 Å². The van der Waals surface area contributed by atoms with E-state index in [9.17, 15) is 5.11 Å². The molecule has 3 aromatic rings. The van der Waals surface area contributed by atoms with Gasteiger partial charge in [0.15, 0.2) is 5.82 Å². The van der Waals surface area contributed by atoms with Crippen molar-refractivity contribution in [3.05, 3.63) is 36.5 Å². The van der Waals surface area contributed by atoms with Crippen LogP contribution in [0.1, 0.15) is 51.0 Å². The normalized spacial score (nSPS) is 19.0. The Balaban J connectivity index is 1.32. The van der Waals surface area contributed by atoms with Crippen LogP contribution in [0.3, 0.4) is 0 Å². The van der Waals surface area contributed by atoms with E-state index in [0.717, 1.165) is 32.0 Å². The summed E-state index contributed by atoms with van der Waals surface area (Å²) in [6.45, 7) is 2.25. The van der Waals surface area contributed by atoms with Crippen LogP contribution in [0.4, 0.5) is 5.82 Å². The van der Waals surface area contributed by atoms with Crippen LogP contribution in [0, 0.1) is 0 Å². The Kier molecular flexibility index (Phi) is 5.55. The zero-order valence-electron chi connectivity index (χ0n) is 17.7. The van der Waals surface area contributed by atoms with Crippen LogP contribution in [0.15, 0.2) is 36.5 Å². The third-order valence-corrected chi connectivity index (χ3v) is 6.75. The Morgan fingerprint density at radius 2 is 1.61 bits per heavy atom. The number of nitrogens with zero attached hydrogens (tertiary/aromatic N) is 6. The van der Waals surface area contributed by atoms with E-state index >= 15 is 0 Å². The van der Waals surface area contributed by atoms with Crippen LogP contribution in [-0.4, -0.2) is 54.3 Å². The van der Waals surface area contributed by atoms with E-state index in [1.165, 1.54) is 32.1 Å². The Bertz CT molecular complexity index is 1040. The minimum absolute atomic E-state index is 0.154. The largest absolute Gasteiger partial charge is 0.507 e. The van der Waals surface area contributed by atoms with Crippen LogP contribution in [0.25, 0.3) is 22.5 Å². The Hall–Kier alpha value is -3.00. The van der Waals surface area contributed by atoms with E-state index in [1.54, 1.807) is 18.2 Å². The molecule has 8 heteroatoms. The number of phenolic OH excluding ortho intramolecular Hbond substituents is 1. The zero-order chi connectivity index (χ0) is 21.2. The topological polar surface area (TPSA) is 106 Å². The maximum atomic E-state index is 10.1. The van der Waals surface area contributed by atoms with Crippen molar-refractivity contribution in [3.63, 3.8) is 0 Å². The molecule has 1 saturated carbocycles. The second-order valence-electron chi connectivity index (χ2n) is 8.69. The fraction of sp³-hybridized carbons (Fsp3) is 0.478. The van der Waals surface area contributed by atoms with E-state index in [2.05, 4.69) is 25.4 Å². The monoisotopic (exact) mass is 419 g/mol. The summed E-state index contributed by atoms with van der Waals surface area (Å²) in [5.74, 6) is 0.458. The SMILES string of the molecule is Nc1nnc(-c2ccccc2O)cc1-c1cn(C2CCN(C3CCCCC3)CC2)nn1. The highest BCUT2D eigenvalue weighted by molar-refractivity contribution is 5.76. The fourth-order valence-corrected chi connectivity index (χ4v) is 4.97. The molecule has 0 radical (unpaired) electrons. The lowest BCUT2D eigenvalue weighted by molar-refractivity contribution is 0.105. The van der Waals surface area contributed by atoms with Crippen LogP contribution in [0.2, 0.25) is 0 Å². The number of nitrogen functional groups attached to an aromatic ring is 1. The predicted molar refractivity (Wildman–Crippen MR) is 119 cm³/mol. The van der Waals surface area contributed by atoms with Crippen molar-refractivity contribution in [2.24, 2.45) is 0 Å². The average molecular weight is 420 g/mol. The van der Waals surface area contributed by atoms with Gasteiger partial charge in [0.05, 0.1) is 17.9 Å². The zero-order valence-corrected chi connectivity index (χ0v) is 17.7. The first-order valence-electron chi connectivity index (χ1n) is 11.3. The van der Waals surface area contributed by atoms with Gasteiger partial charge in [-0.15, -0.1) is 15.3 Å². The van der Waals surface area contributed by atoms with E-state index in [0.29, 0.717) is 34.4 Å². The predicted octanol–water partition coefficient (Wildman–Crippen LogP) is 3.66. The lowest BCUT2D eigenvalue weighted by Crippen LogP contribution is -2.42. The van der Waals surface area contributed by atoms with Crippen molar-refractivity contribution in [1.29, 1.82) is 0 Å². The Morgan fingerprint density at radius 1 is 0.839 bits per heavy atom. The molecule has 2 fully saturated rings. The van der Waals surface area contributed by atoms with Gasteiger partial charge >= 0.3 is 0 Å². The summed E-state index contributed by atoms with van der Waals surface area (Å²) >= 11 is 0. The first kappa shape index (κ1) is 19.9. The van der Waals surface area contributed by atoms with Gasteiger partial charge in [0, 0.05) is 30.3 Å². The molecule has 0 bridgehead atoms. The first-order chi connectivity index (χ1) is 15.2. The highest BCUT2D eigenvalue weighted by Gasteiger charge is 2.27. The molecule has 2 aromatic heterocycles. The molecule has 2 aliphatic rings. The highest BCUT2D eigenvalue weighted by atomic mass is 16.3. The molecule has 3 heterocycles. The molecular weight excluding hydrogens is 390 g/mol. The summed E-state index contributed by atoms with van der Waals surface area (Å²) in [4.78, 5) is 2.68. The van der Waals surface area contributed by atoms with Crippen molar-refractivity contribution in [3.8, 4) is 28.3 Å². The smallest absolute Gasteiger partial charge is 0.155 e. The number of nitrogens with two attached hydrogens (primary N) is 1. The molecule has 0 amide bonds. The minimum atomic E-state index is 0.154. The van der Waals surface area contributed by atoms with Gasteiger partial charge in [-0.1, -0.05) is 36.6 Å². The molecule has 1 aromatic carbocycles. The lowest BCUT2D eigenvalue weighted by Gasteiger charge is -2.39. The molecule has 0 unspecified atom stereocenters. The molecule has 5 rings (SSSR count). The van der Waals surface area contributed by atoms with E-state index in [4.69, 9.17) is 5.73 Å². The second-order valence-corrected chi connectivity index (χ2v) is 8.69. The van der Waals surface area contributed by atoms with Gasteiger partial charge in [-0.05, 0) is 43.9 Å². The summed E-state index contributed by atoms with van der Waals surface area (Å²) in [5, 5.41) is 27.2. The number of hydrogen-bond donors (Lipinski definition) is 2. The van der Waals surface area contributed by atoms with E-state index in [1.807, 2.05) is 23.0 Å². The van der Waals surface area contributed by atoms with Gasteiger partial charge in [0.25, 0.3) is 0 Å². The van der Waals surface area contributed by atoms with Crippen LogP contribution >= 0.6 is 0 Å². The highest BCUT2D eigenvalue weighted by Crippen LogP contribution is 2.33. The van der Waals surface area contributed by atoms with E-state index < -0.39 is 0 Å². The number of rotatable bonds is 4. The van der Waals surface area contributed by atoms with Crippen LogP contribution < -0.4 is 5.73 Å². The van der Waals surface area contributed by atoms with Crippen LogP contribution in [0.5, 0.6) is 5.75 Å². The molecule has 1 aliphatic carbocycles. The standard InChI is InChI=1S/C23H29N7O/c24-23-19(14-20(25-27-23)18-8-4-5-9-22(18)31)21-15-30(28-26-21)17-10-12-29(13-11-17)16-6-2-1-3-7-16/h4-5,8-9,14-17,31H,1-3,6-7,10-13H2,(H2,24,27).